The van der Waals surface area contributed by atoms with Gasteiger partial charge in [0, 0.05) is 24.2 Å². The van der Waals surface area contributed by atoms with Crippen molar-refractivity contribution in [2.75, 3.05) is 6.54 Å². The zero-order valence-corrected chi connectivity index (χ0v) is 16.4. The molecule has 0 aliphatic heterocycles. The van der Waals surface area contributed by atoms with E-state index in [0.717, 1.165) is 22.6 Å². The van der Waals surface area contributed by atoms with E-state index >= 15 is 0 Å². The number of rotatable bonds is 7. The number of aryl methyl sites for hydroxylation is 1. The molecule has 1 amide bonds. The second-order valence-electron chi connectivity index (χ2n) is 6.34. The average molecular weight is 398 g/mol. The third kappa shape index (κ3) is 4.99. The molecule has 0 bridgehead atoms. The minimum absolute atomic E-state index is 0.0214. The van der Waals surface area contributed by atoms with Crippen molar-refractivity contribution >= 4 is 35.1 Å². The summed E-state index contributed by atoms with van der Waals surface area (Å²) in [6.45, 7) is 5.84. The molecule has 0 aliphatic carbocycles. The lowest BCUT2D eigenvalue weighted by molar-refractivity contribution is -0.138. The van der Waals surface area contributed by atoms with Gasteiger partial charge < -0.3 is 10.4 Å². The molecule has 2 N–H and O–H groups in total. The molecule has 26 heavy (non-hydrogen) atoms. The first-order valence-corrected chi connectivity index (χ1v) is 8.93. The van der Waals surface area contributed by atoms with Gasteiger partial charge in [0.25, 0.3) is 0 Å². The molecule has 2 rings (SSSR count). The fourth-order valence-electron chi connectivity index (χ4n) is 2.68. The van der Waals surface area contributed by atoms with Crippen molar-refractivity contribution in [2.24, 2.45) is 5.92 Å². The van der Waals surface area contributed by atoms with Crippen LogP contribution in [0.3, 0.4) is 0 Å². The van der Waals surface area contributed by atoms with E-state index in [9.17, 15) is 9.59 Å². The van der Waals surface area contributed by atoms with Crippen LogP contribution in [0.25, 0.3) is 5.69 Å². The molecular weight excluding hydrogens is 377 g/mol. The normalized spacial score (nSPS) is 12.0. The SMILES string of the molecule is Cc1nn(-c2ccc(Cl)c(Cl)c2)c(C)c1CC(=O)NCC(C)CC(=O)O. The Bertz CT molecular complexity index is 833. The lowest BCUT2D eigenvalue weighted by Crippen LogP contribution is -2.30. The van der Waals surface area contributed by atoms with Crippen LogP contribution in [0.15, 0.2) is 18.2 Å². The first kappa shape index (κ1) is 20.3. The number of aromatic nitrogens is 2. The van der Waals surface area contributed by atoms with E-state index in [-0.39, 0.29) is 24.7 Å². The van der Waals surface area contributed by atoms with Gasteiger partial charge in [-0.2, -0.15) is 5.10 Å². The van der Waals surface area contributed by atoms with Gasteiger partial charge in [-0.25, -0.2) is 4.68 Å². The second-order valence-corrected chi connectivity index (χ2v) is 7.16. The van der Waals surface area contributed by atoms with Gasteiger partial charge in [0.05, 0.1) is 27.8 Å². The predicted octanol–water partition coefficient (Wildman–Crippen LogP) is 3.57. The molecule has 0 spiro atoms. The number of amides is 1. The van der Waals surface area contributed by atoms with Gasteiger partial charge in [-0.15, -0.1) is 0 Å². The molecule has 0 fully saturated rings. The largest absolute Gasteiger partial charge is 0.481 e. The molecule has 6 nitrogen and oxygen atoms in total. The van der Waals surface area contributed by atoms with Gasteiger partial charge >= 0.3 is 5.97 Å². The summed E-state index contributed by atoms with van der Waals surface area (Å²) in [5.74, 6) is -1.17. The molecule has 8 heteroatoms. The van der Waals surface area contributed by atoms with Gasteiger partial charge in [0.2, 0.25) is 5.91 Å². The van der Waals surface area contributed by atoms with Crippen LogP contribution < -0.4 is 5.32 Å². The van der Waals surface area contributed by atoms with Crippen LogP contribution >= 0.6 is 23.2 Å². The van der Waals surface area contributed by atoms with Crippen molar-refractivity contribution < 1.29 is 14.7 Å². The molecule has 2 aromatic rings. The molecular formula is C18H21Cl2N3O3. The quantitative estimate of drug-likeness (QED) is 0.747. The summed E-state index contributed by atoms with van der Waals surface area (Å²) in [6, 6.07) is 5.23. The zero-order chi connectivity index (χ0) is 19.4. The molecule has 0 radical (unpaired) electrons. The van der Waals surface area contributed by atoms with Crippen molar-refractivity contribution in [2.45, 2.75) is 33.6 Å². The number of nitrogens with zero attached hydrogens (tertiary/aromatic N) is 2. The minimum atomic E-state index is -0.874. The van der Waals surface area contributed by atoms with Crippen molar-refractivity contribution in [1.82, 2.24) is 15.1 Å². The maximum atomic E-state index is 12.2. The Morgan fingerprint density at radius 2 is 1.96 bits per heavy atom. The van der Waals surface area contributed by atoms with Gasteiger partial charge in [-0.3, -0.25) is 9.59 Å². The first-order valence-electron chi connectivity index (χ1n) is 8.18. The molecule has 0 saturated heterocycles. The first-order chi connectivity index (χ1) is 12.2. The highest BCUT2D eigenvalue weighted by molar-refractivity contribution is 6.42. The van der Waals surface area contributed by atoms with Crippen molar-refractivity contribution in [1.29, 1.82) is 0 Å². The summed E-state index contributed by atoms with van der Waals surface area (Å²) < 4.78 is 1.73. The number of carboxylic acids is 1. The summed E-state index contributed by atoms with van der Waals surface area (Å²) >= 11 is 12.0. The van der Waals surface area contributed by atoms with Crippen molar-refractivity contribution in [3.63, 3.8) is 0 Å². The predicted molar refractivity (Wildman–Crippen MR) is 101 cm³/mol. The Balaban J connectivity index is 2.11. The number of halogens is 2. The number of aliphatic carboxylic acids is 1. The Morgan fingerprint density at radius 1 is 1.27 bits per heavy atom. The number of carbonyl (C=O) groups excluding carboxylic acids is 1. The molecule has 1 aromatic carbocycles. The number of carboxylic acid groups (broad SMARTS) is 1. The molecule has 1 atom stereocenters. The monoisotopic (exact) mass is 397 g/mol. The summed E-state index contributed by atoms with van der Waals surface area (Å²) in [6.07, 6.45) is 0.201. The van der Waals surface area contributed by atoms with Crippen molar-refractivity contribution in [3.8, 4) is 5.69 Å². The van der Waals surface area contributed by atoms with Crippen LogP contribution in [0, 0.1) is 19.8 Å². The standard InChI is InChI=1S/C18H21Cl2N3O3/c1-10(6-18(25)26)9-21-17(24)8-14-11(2)22-23(12(14)3)13-4-5-15(19)16(20)7-13/h4-5,7,10H,6,8-9H2,1-3H3,(H,21,24)(H,25,26). The summed E-state index contributed by atoms with van der Waals surface area (Å²) in [5.41, 5.74) is 3.19. The van der Waals surface area contributed by atoms with Gasteiger partial charge in [-0.1, -0.05) is 30.1 Å². The van der Waals surface area contributed by atoms with Gasteiger partial charge in [0.1, 0.15) is 0 Å². The maximum Gasteiger partial charge on any atom is 0.303 e. The zero-order valence-electron chi connectivity index (χ0n) is 14.8. The Labute approximate surface area is 162 Å². The fraction of sp³-hybridized carbons (Fsp3) is 0.389. The molecule has 0 saturated carbocycles. The highest BCUT2D eigenvalue weighted by Crippen LogP contribution is 2.26. The molecule has 1 aromatic heterocycles. The van der Waals surface area contributed by atoms with Crippen molar-refractivity contribution in [3.05, 3.63) is 45.2 Å². The van der Waals surface area contributed by atoms with E-state index in [1.165, 1.54) is 0 Å². The topological polar surface area (TPSA) is 84.2 Å². The van der Waals surface area contributed by atoms with Gasteiger partial charge in [0.15, 0.2) is 0 Å². The number of hydrogen-bond acceptors (Lipinski definition) is 3. The van der Waals surface area contributed by atoms with E-state index in [4.69, 9.17) is 28.3 Å². The van der Waals surface area contributed by atoms with Crippen LogP contribution in [0.4, 0.5) is 0 Å². The van der Waals surface area contributed by atoms with E-state index in [2.05, 4.69) is 10.4 Å². The van der Waals surface area contributed by atoms with E-state index in [1.54, 1.807) is 23.7 Å². The summed E-state index contributed by atoms with van der Waals surface area (Å²) in [4.78, 5) is 22.9. The number of benzene rings is 1. The highest BCUT2D eigenvalue weighted by atomic mass is 35.5. The Kier molecular flexibility index (Phi) is 6.67. The lowest BCUT2D eigenvalue weighted by Gasteiger charge is -2.11. The van der Waals surface area contributed by atoms with E-state index < -0.39 is 5.97 Å². The number of carbonyl (C=O) groups is 2. The summed E-state index contributed by atoms with van der Waals surface area (Å²) in [5, 5.41) is 16.9. The molecule has 1 unspecified atom stereocenters. The van der Waals surface area contributed by atoms with Crippen LogP contribution in [0.1, 0.15) is 30.3 Å². The van der Waals surface area contributed by atoms with Crippen LogP contribution in [0.2, 0.25) is 10.0 Å². The smallest absolute Gasteiger partial charge is 0.303 e. The average Bonchev–Trinajstić information content (AvgIpc) is 2.83. The number of hydrogen-bond donors (Lipinski definition) is 2. The molecule has 140 valence electrons. The van der Waals surface area contributed by atoms with E-state index in [0.29, 0.717) is 16.6 Å². The van der Waals surface area contributed by atoms with Crippen LogP contribution in [-0.2, 0) is 16.0 Å². The van der Waals surface area contributed by atoms with Crippen LogP contribution in [0.5, 0.6) is 0 Å². The second kappa shape index (κ2) is 8.56. The third-order valence-corrected chi connectivity index (χ3v) is 4.84. The summed E-state index contributed by atoms with van der Waals surface area (Å²) in [7, 11) is 0. The van der Waals surface area contributed by atoms with Gasteiger partial charge in [-0.05, 0) is 38.0 Å². The maximum absolute atomic E-state index is 12.2. The third-order valence-electron chi connectivity index (χ3n) is 4.10. The number of nitrogens with one attached hydrogen (secondary N) is 1. The molecule has 1 heterocycles. The minimum Gasteiger partial charge on any atom is -0.481 e. The Morgan fingerprint density at radius 3 is 2.58 bits per heavy atom. The molecule has 0 aliphatic rings. The lowest BCUT2D eigenvalue weighted by atomic mass is 10.1. The highest BCUT2D eigenvalue weighted by Gasteiger charge is 2.17. The van der Waals surface area contributed by atoms with E-state index in [1.807, 2.05) is 19.9 Å². The Hall–Kier alpha value is -2.05. The fourth-order valence-corrected chi connectivity index (χ4v) is 2.97. The van der Waals surface area contributed by atoms with Crippen LogP contribution in [-0.4, -0.2) is 33.3 Å².